The first kappa shape index (κ1) is 18.4. The summed E-state index contributed by atoms with van der Waals surface area (Å²) in [5.41, 5.74) is 2.72. The van der Waals surface area contributed by atoms with Crippen LogP contribution in [0, 0.1) is 6.92 Å². The van der Waals surface area contributed by atoms with Crippen LogP contribution in [0.1, 0.15) is 89.7 Å². The Kier molecular flexibility index (Phi) is 5.60. The van der Waals surface area contributed by atoms with Gasteiger partial charge in [-0.2, -0.15) is 0 Å². The van der Waals surface area contributed by atoms with Gasteiger partial charge in [-0.05, 0) is 25.3 Å². The molecule has 0 bridgehead atoms. The van der Waals surface area contributed by atoms with Gasteiger partial charge in [-0.15, -0.1) is 0 Å². The third kappa shape index (κ3) is 4.06. The minimum absolute atomic E-state index is 0.101. The molecule has 1 amide bonds. The zero-order valence-corrected chi connectivity index (χ0v) is 15.8. The molecular formula is C22H27NO3. The summed E-state index contributed by atoms with van der Waals surface area (Å²) >= 11 is 0. The van der Waals surface area contributed by atoms with Gasteiger partial charge in [0, 0.05) is 24.9 Å². The molecule has 4 heteroatoms. The van der Waals surface area contributed by atoms with E-state index in [0.717, 1.165) is 31.2 Å². The van der Waals surface area contributed by atoms with Crippen molar-refractivity contribution >= 4 is 11.7 Å². The highest BCUT2D eigenvalue weighted by atomic mass is 16.3. The molecular weight excluding hydrogens is 326 g/mol. The number of nitrogens with one attached hydrogen (secondary N) is 1. The standard InChI is InChI=1S/C22H27NO3/c1-14-9-11-17(12-10-14)15(2)21-19(13-20(26-21)16(3)24)22(25)23-18-7-5-4-6-8-18/h9-13,15,18H,4-8H2,1-3H3,(H,23,25). The highest BCUT2D eigenvalue weighted by Crippen LogP contribution is 2.30. The third-order valence-corrected chi connectivity index (χ3v) is 5.26. The van der Waals surface area contributed by atoms with Gasteiger partial charge < -0.3 is 9.73 Å². The van der Waals surface area contributed by atoms with E-state index >= 15 is 0 Å². The molecule has 1 N–H and O–H groups in total. The van der Waals surface area contributed by atoms with Crippen LogP contribution in [0.25, 0.3) is 0 Å². The van der Waals surface area contributed by atoms with Gasteiger partial charge in [-0.3, -0.25) is 9.59 Å². The molecule has 138 valence electrons. The molecule has 1 heterocycles. The maximum atomic E-state index is 12.9. The van der Waals surface area contributed by atoms with Crippen molar-refractivity contribution in [3.05, 3.63) is 58.5 Å². The van der Waals surface area contributed by atoms with Crippen LogP contribution in [-0.4, -0.2) is 17.7 Å². The SMILES string of the molecule is CC(=O)c1cc(C(=O)NC2CCCCC2)c(C(C)c2ccc(C)cc2)o1. The van der Waals surface area contributed by atoms with Crippen LogP contribution in [-0.2, 0) is 0 Å². The second-order valence-corrected chi connectivity index (χ2v) is 7.39. The molecule has 3 rings (SSSR count). The number of hydrogen-bond acceptors (Lipinski definition) is 3. The number of Topliss-reactive ketones (excluding diaryl/α,β-unsaturated/α-hetero) is 1. The molecule has 1 aromatic carbocycles. The molecule has 4 nitrogen and oxygen atoms in total. The summed E-state index contributed by atoms with van der Waals surface area (Å²) in [6.07, 6.45) is 5.59. The van der Waals surface area contributed by atoms with E-state index in [1.54, 1.807) is 6.07 Å². The average Bonchev–Trinajstić information content (AvgIpc) is 3.08. The molecule has 1 aliphatic rings. The third-order valence-electron chi connectivity index (χ3n) is 5.26. The second-order valence-electron chi connectivity index (χ2n) is 7.39. The van der Waals surface area contributed by atoms with E-state index in [2.05, 4.69) is 5.32 Å². The van der Waals surface area contributed by atoms with E-state index in [1.807, 2.05) is 38.1 Å². The number of amides is 1. The predicted molar refractivity (Wildman–Crippen MR) is 102 cm³/mol. The van der Waals surface area contributed by atoms with E-state index in [1.165, 1.54) is 18.9 Å². The Morgan fingerprint density at radius 1 is 1.12 bits per heavy atom. The Bertz CT molecular complexity index is 782. The second kappa shape index (κ2) is 7.90. The van der Waals surface area contributed by atoms with Crippen molar-refractivity contribution in [3.8, 4) is 0 Å². The quantitative estimate of drug-likeness (QED) is 0.769. The van der Waals surface area contributed by atoms with Crippen molar-refractivity contribution in [2.75, 3.05) is 0 Å². The monoisotopic (exact) mass is 353 g/mol. The Hall–Kier alpha value is -2.36. The molecule has 0 saturated heterocycles. The molecule has 1 atom stereocenters. The van der Waals surface area contributed by atoms with Gasteiger partial charge in [0.15, 0.2) is 11.5 Å². The molecule has 1 saturated carbocycles. The van der Waals surface area contributed by atoms with Crippen LogP contribution in [0.5, 0.6) is 0 Å². The Morgan fingerprint density at radius 2 is 1.77 bits per heavy atom. The largest absolute Gasteiger partial charge is 0.456 e. The fourth-order valence-corrected chi connectivity index (χ4v) is 3.59. The number of carbonyl (C=O) groups is 2. The van der Waals surface area contributed by atoms with Gasteiger partial charge in [-0.1, -0.05) is 56.0 Å². The molecule has 2 aromatic rings. The first-order valence-corrected chi connectivity index (χ1v) is 9.48. The van der Waals surface area contributed by atoms with E-state index in [-0.39, 0.29) is 29.4 Å². The molecule has 1 aliphatic carbocycles. The molecule has 1 fully saturated rings. The summed E-state index contributed by atoms with van der Waals surface area (Å²) in [4.78, 5) is 24.7. The number of furan rings is 1. The molecule has 1 aromatic heterocycles. The number of aryl methyl sites for hydroxylation is 1. The molecule has 0 spiro atoms. The number of hydrogen-bond donors (Lipinski definition) is 1. The normalized spacial score (nSPS) is 16.3. The number of carbonyl (C=O) groups excluding carboxylic acids is 2. The smallest absolute Gasteiger partial charge is 0.255 e. The number of ketones is 1. The lowest BCUT2D eigenvalue weighted by molar-refractivity contribution is 0.0923. The predicted octanol–water partition coefficient (Wildman–Crippen LogP) is 5.00. The first-order valence-electron chi connectivity index (χ1n) is 9.48. The van der Waals surface area contributed by atoms with Crippen LogP contribution in [0.4, 0.5) is 0 Å². The summed E-state index contributed by atoms with van der Waals surface area (Å²) < 4.78 is 5.82. The highest BCUT2D eigenvalue weighted by molar-refractivity contribution is 5.99. The van der Waals surface area contributed by atoms with Gasteiger partial charge in [0.25, 0.3) is 5.91 Å². The van der Waals surface area contributed by atoms with Crippen LogP contribution in [0.15, 0.2) is 34.7 Å². The van der Waals surface area contributed by atoms with Crippen molar-refractivity contribution in [2.45, 2.75) is 64.8 Å². The van der Waals surface area contributed by atoms with Crippen molar-refractivity contribution in [3.63, 3.8) is 0 Å². The van der Waals surface area contributed by atoms with E-state index in [9.17, 15) is 9.59 Å². The molecule has 26 heavy (non-hydrogen) atoms. The maximum Gasteiger partial charge on any atom is 0.255 e. The summed E-state index contributed by atoms with van der Waals surface area (Å²) in [6, 6.07) is 9.98. The topological polar surface area (TPSA) is 59.3 Å². The van der Waals surface area contributed by atoms with Crippen molar-refractivity contribution < 1.29 is 14.0 Å². The fraction of sp³-hybridized carbons (Fsp3) is 0.455. The van der Waals surface area contributed by atoms with Crippen LogP contribution in [0.3, 0.4) is 0 Å². The molecule has 0 aliphatic heterocycles. The lowest BCUT2D eigenvalue weighted by Gasteiger charge is -2.23. The highest BCUT2D eigenvalue weighted by Gasteiger charge is 2.26. The van der Waals surface area contributed by atoms with Gasteiger partial charge in [0.1, 0.15) is 5.76 Å². The van der Waals surface area contributed by atoms with E-state index < -0.39 is 0 Å². The van der Waals surface area contributed by atoms with Crippen LogP contribution >= 0.6 is 0 Å². The summed E-state index contributed by atoms with van der Waals surface area (Å²) in [5.74, 6) is 0.400. The van der Waals surface area contributed by atoms with E-state index in [0.29, 0.717) is 11.3 Å². The minimum atomic E-state index is -0.168. The molecule has 1 unspecified atom stereocenters. The van der Waals surface area contributed by atoms with Crippen molar-refractivity contribution in [2.24, 2.45) is 0 Å². The van der Waals surface area contributed by atoms with Crippen molar-refractivity contribution in [1.82, 2.24) is 5.32 Å². The lowest BCUT2D eigenvalue weighted by Crippen LogP contribution is -2.36. The van der Waals surface area contributed by atoms with Crippen LogP contribution in [0.2, 0.25) is 0 Å². The van der Waals surface area contributed by atoms with Gasteiger partial charge in [0.05, 0.1) is 5.56 Å². The van der Waals surface area contributed by atoms with Gasteiger partial charge in [-0.25, -0.2) is 0 Å². The van der Waals surface area contributed by atoms with Crippen molar-refractivity contribution in [1.29, 1.82) is 0 Å². The minimum Gasteiger partial charge on any atom is -0.456 e. The zero-order valence-electron chi connectivity index (χ0n) is 15.8. The average molecular weight is 353 g/mol. The zero-order chi connectivity index (χ0) is 18.7. The number of benzene rings is 1. The Labute approximate surface area is 155 Å². The van der Waals surface area contributed by atoms with Gasteiger partial charge >= 0.3 is 0 Å². The maximum absolute atomic E-state index is 12.9. The lowest BCUT2D eigenvalue weighted by atomic mass is 9.93. The van der Waals surface area contributed by atoms with Crippen LogP contribution < -0.4 is 5.32 Å². The Balaban J connectivity index is 1.89. The summed E-state index contributed by atoms with van der Waals surface area (Å²) in [6.45, 7) is 5.50. The molecule has 0 radical (unpaired) electrons. The Morgan fingerprint density at radius 3 is 2.38 bits per heavy atom. The number of rotatable bonds is 5. The van der Waals surface area contributed by atoms with Gasteiger partial charge in [0.2, 0.25) is 0 Å². The fourth-order valence-electron chi connectivity index (χ4n) is 3.59. The first-order chi connectivity index (χ1) is 12.5. The van der Waals surface area contributed by atoms with E-state index in [4.69, 9.17) is 4.42 Å². The summed E-state index contributed by atoms with van der Waals surface area (Å²) in [5, 5.41) is 3.13. The summed E-state index contributed by atoms with van der Waals surface area (Å²) in [7, 11) is 0.